The molecule has 1 aliphatic rings. The molecular formula is C26H29N3O3. The predicted molar refractivity (Wildman–Crippen MR) is 126 cm³/mol. The van der Waals surface area contributed by atoms with Crippen molar-refractivity contribution in [2.45, 2.75) is 6.42 Å². The van der Waals surface area contributed by atoms with E-state index in [0.29, 0.717) is 19.7 Å². The van der Waals surface area contributed by atoms with E-state index in [1.807, 2.05) is 77.7 Å². The molecule has 0 saturated carbocycles. The van der Waals surface area contributed by atoms with Gasteiger partial charge in [-0.2, -0.15) is 0 Å². The second-order valence-electron chi connectivity index (χ2n) is 7.98. The van der Waals surface area contributed by atoms with Gasteiger partial charge in [-0.3, -0.25) is 14.5 Å². The smallest absolute Gasteiger partial charge is 0.242 e. The van der Waals surface area contributed by atoms with Crippen molar-refractivity contribution in [3.05, 3.63) is 78.4 Å². The number of benzene rings is 3. The fraction of sp³-hybridized carbons (Fsp3) is 0.308. The molecule has 2 amide bonds. The Kier molecular flexibility index (Phi) is 7.35. The van der Waals surface area contributed by atoms with Crippen LogP contribution in [0.25, 0.3) is 10.8 Å². The van der Waals surface area contributed by atoms with Crippen molar-refractivity contribution in [2.24, 2.45) is 0 Å². The Morgan fingerprint density at radius 3 is 2.38 bits per heavy atom. The largest absolute Gasteiger partial charge is 0.492 e. The maximum atomic E-state index is 12.5. The van der Waals surface area contributed by atoms with E-state index in [1.165, 1.54) is 0 Å². The average Bonchev–Trinajstić information content (AvgIpc) is 2.84. The van der Waals surface area contributed by atoms with Crippen LogP contribution in [0.15, 0.2) is 72.8 Å². The first-order valence-electron chi connectivity index (χ1n) is 11.1. The first kappa shape index (κ1) is 21.8. The highest BCUT2D eigenvalue weighted by atomic mass is 16.5. The van der Waals surface area contributed by atoms with Crippen LogP contribution in [0.1, 0.15) is 5.56 Å². The molecule has 32 heavy (non-hydrogen) atoms. The number of piperazine rings is 1. The first-order chi connectivity index (χ1) is 15.7. The molecule has 6 heteroatoms. The molecule has 3 aromatic rings. The van der Waals surface area contributed by atoms with Crippen LogP contribution in [-0.2, 0) is 16.0 Å². The summed E-state index contributed by atoms with van der Waals surface area (Å²) in [5.74, 6) is 0.711. The van der Waals surface area contributed by atoms with Gasteiger partial charge in [-0.05, 0) is 28.5 Å². The van der Waals surface area contributed by atoms with Gasteiger partial charge in [0, 0.05) is 32.7 Å². The van der Waals surface area contributed by atoms with Crippen molar-refractivity contribution in [2.75, 3.05) is 45.9 Å². The minimum absolute atomic E-state index is 0.0311. The molecule has 1 N–H and O–H groups in total. The minimum atomic E-state index is -0.133. The average molecular weight is 432 g/mol. The lowest BCUT2D eigenvalue weighted by Crippen LogP contribution is -2.51. The van der Waals surface area contributed by atoms with Gasteiger partial charge in [0.1, 0.15) is 12.4 Å². The molecule has 0 bridgehead atoms. The van der Waals surface area contributed by atoms with Gasteiger partial charge in [0.15, 0.2) is 0 Å². The second-order valence-corrected chi connectivity index (χ2v) is 7.98. The summed E-state index contributed by atoms with van der Waals surface area (Å²) in [7, 11) is 0. The number of carbonyl (C=O) groups is 2. The Morgan fingerprint density at radius 2 is 1.56 bits per heavy atom. The van der Waals surface area contributed by atoms with Crippen molar-refractivity contribution < 1.29 is 14.3 Å². The van der Waals surface area contributed by atoms with Gasteiger partial charge in [-0.15, -0.1) is 0 Å². The summed E-state index contributed by atoms with van der Waals surface area (Å²) < 4.78 is 5.75. The zero-order valence-electron chi connectivity index (χ0n) is 18.2. The maximum absolute atomic E-state index is 12.5. The lowest BCUT2D eigenvalue weighted by molar-refractivity contribution is -0.134. The number of rotatable bonds is 8. The zero-order valence-corrected chi connectivity index (χ0v) is 18.2. The Bertz CT molecular complexity index is 1040. The van der Waals surface area contributed by atoms with E-state index < -0.39 is 0 Å². The lowest BCUT2D eigenvalue weighted by Gasteiger charge is -2.34. The van der Waals surface area contributed by atoms with E-state index in [-0.39, 0.29) is 24.8 Å². The van der Waals surface area contributed by atoms with Crippen LogP contribution >= 0.6 is 0 Å². The molecule has 6 nitrogen and oxygen atoms in total. The number of amides is 2. The molecule has 1 aliphatic heterocycles. The number of hydrogen-bond acceptors (Lipinski definition) is 4. The molecule has 3 aromatic carbocycles. The maximum Gasteiger partial charge on any atom is 0.242 e. The Hall–Kier alpha value is -3.38. The molecule has 4 rings (SSSR count). The standard InChI is InChI=1S/C26H29N3O3/c30-25(19-22-9-6-8-21-7-4-5-12-24(21)22)27-20-26(31)29-15-13-28(14-16-29)17-18-32-23-10-2-1-3-11-23/h1-12H,13-20H2,(H,27,30). The number of hydrogen-bond donors (Lipinski definition) is 1. The highest BCUT2D eigenvalue weighted by Gasteiger charge is 2.21. The van der Waals surface area contributed by atoms with E-state index >= 15 is 0 Å². The van der Waals surface area contributed by atoms with Crippen LogP contribution in [0.4, 0.5) is 0 Å². The van der Waals surface area contributed by atoms with Crippen LogP contribution in [0, 0.1) is 0 Å². The fourth-order valence-corrected chi connectivity index (χ4v) is 4.00. The van der Waals surface area contributed by atoms with Crippen molar-refractivity contribution >= 4 is 22.6 Å². The summed E-state index contributed by atoms with van der Waals surface area (Å²) in [6.45, 7) is 4.47. The van der Waals surface area contributed by atoms with E-state index in [2.05, 4.69) is 10.2 Å². The topological polar surface area (TPSA) is 61.9 Å². The third kappa shape index (κ3) is 5.86. The highest BCUT2D eigenvalue weighted by Crippen LogP contribution is 2.18. The van der Waals surface area contributed by atoms with Crippen LogP contribution < -0.4 is 10.1 Å². The van der Waals surface area contributed by atoms with Crippen molar-refractivity contribution in [3.8, 4) is 5.75 Å². The zero-order chi connectivity index (χ0) is 22.2. The normalized spacial score (nSPS) is 14.3. The highest BCUT2D eigenvalue weighted by molar-refractivity contribution is 5.91. The van der Waals surface area contributed by atoms with E-state index in [4.69, 9.17) is 4.74 Å². The van der Waals surface area contributed by atoms with Gasteiger partial charge in [0.2, 0.25) is 11.8 Å². The molecule has 1 heterocycles. The van der Waals surface area contributed by atoms with Crippen LogP contribution in [0.3, 0.4) is 0 Å². The van der Waals surface area contributed by atoms with E-state index in [9.17, 15) is 9.59 Å². The van der Waals surface area contributed by atoms with Crippen molar-refractivity contribution in [1.29, 1.82) is 0 Å². The quantitative estimate of drug-likeness (QED) is 0.596. The first-order valence-corrected chi connectivity index (χ1v) is 11.1. The van der Waals surface area contributed by atoms with Crippen molar-refractivity contribution in [1.82, 2.24) is 15.1 Å². The molecule has 0 unspecified atom stereocenters. The lowest BCUT2D eigenvalue weighted by atomic mass is 10.0. The number of nitrogens with one attached hydrogen (secondary N) is 1. The van der Waals surface area contributed by atoms with Crippen LogP contribution in [-0.4, -0.2) is 67.5 Å². The van der Waals surface area contributed by atoms with Crippen LogP contribution in [0.2, 0.25) is 0 Å². The Labute approximate surface area is 188 Å². The summed E-state index contributed by atoms with van der Waals surface area (Å²) in [6.07, 6.45) is 0.268. The van der Waals surface area contributed by atoms with Crippen molar-refractivity contribution in [3.63, 3.8) is 0 Å². The van der Waals surface area contributed by atoms with E-state index in [1.54, 1.807) is 0 Å². The second kappa shape index (κ2) is 10.8. The van der Waals surface area contributed by atoms with Gasteiger partial charge >= 0.3 is 0 Å². The summed E-state index contributed by atoms with van der Waals surface area (Å²) in [6, 6.07) is 23.8. The number of ether oxygens (including phenoxy) is 1. The number of para-hydroxylation sites is 1. The molecule has 0 spiro atoms. The third-order valence-corrected chi connectivity index (χ3v) is 5.81. The number of carbonyl (C=O) groups excluding carboxylic acids is 2. The fourth-order valence-electron chi connectivity index (χ4n) is 4.00. The Balaban J connectivity index is 1.17. The van der Waals surface area contributed by atoms with E-state index in [0.717, 1.165) is 41.7 Å². The summed E-state index contributed by atoms with van der Waals surface area (Å²) in [5, 5.41) is 4.98. The van der Waals surface area contributed by atoms with Gasteiger partial charge in [0.25, 0.3) is 0 Å². The molecule has 0 aromatic heterocycles. The summed E-state index contributed by atoms with van der Waals surface area (Å²) >= 11 is 0. The molecule has 0 radical (unpaired) electrons. The summed E-state index contributed by atoms with van der Waals surface area (Å²) in [5.41, 5.74) is 0.972. The van der Waals surface area contributed by atoms with Gasteiger partial charge in [0.05, 0.1) is 13.0 Å². The monoisotopic (exact) mass is 431 g/mol. The predicted octanol–water partition coefficient (Wildman–Crippen LogP) is 2.72. The van der Waals surface area contributed by atoms with Gasteiger partial charge in [-0.25, -0.2) is 0 Å². The minimum Gasteiger partial charge on any atom is -0.492 e. The van der Waals surface area contributed by atoms with Gasteiger partial charge < -0.3 is 15.0 Å². The third-order valence-electron chi connectivity index (χ3n) is 5.81. The molecule has 166 valence electrons. The van der Waals surface area contributed by atoms with Gasteiger partial charge in [-0.1, -0.05) is 60.7 Å². The molecule has 1 saturated heterocycles. The molecule has 1 fully saturated rings. The molecule has 0 aliphatic carbocycles. The number of fused-ring (bicyclic) bond motifs is 1. The van der Waals surface area contributed by atoms with Crippen LogP contribution in [0.5, 0.6) is 5.75 Å². The molecular weight excluding hydrogens is 402 g/mol. The Morgan fingerprint density at radius 1 is 0.844 bits per heavy atom. The SMILES string of the molecule is O=C(Cc1cccc2ccccc12)NCC(=O)N1CCN(CCOc2ccccc2)CC1. The number of nitrogens with zero attached hydrogens (tertiary/aromatic N) is 2. The summed E-state index contributed by atoms with van der Waals surface area (Å²) in [4.78, 5) is 29.1. The molecule has 0 atom stereocenters.